The highest BCUT2D eigenvalue weighted by Gasteiger charge is 2.20. The minimum absolute atomic E-state index is 0.622. The molecule has 2 aromatic heterocycles. The molecule has 88 valence electrons. The van der Waals surface area contributed by atoms with Crippen LogP contribution in [0, 0.1) is 0 Å². The van der Waals surface area contributed by atoms with Gasteiger partial charge in [-0.05, 0) is 18.9 Å². The van der Waals surface area contributed by atoms with Crippen LogP contribution < -0.4 is 5.32 Å². The predicted octanol–water partition coefficient (Wildman–Crippen LogP) is 2.17. The third kappa shape index (κ3) is 2.48. The molecule has 0 saturated heterocycles. The van der Waals surface area contributed by atoms with Crippen molar-refractivity contribution in [2.24, 2.45) is 0 Å². The van der Waals surface area contributed by atoms with Gasteiger partial charge in [0.1, 0.15) is 0 Å². The van der Waals surface area contributed by atoms with Gasteiger partial charge in [-0.1, -0.05) is 17.7 Å². The van der Waals surface area contributed by atoms with E-state index in [2.05, 4.69) is 21.5 Å². The first-order valence-electron chi connectivity index (χ1n) is 5.71. The van der Waals surface area contributed by atoms with Crippen LogP contribution in [0.1, 0.15) is 18.4 Å². The first-order valence-corrected chi connectivity index (χ1v) is 6.08. The van der Waals surface area contributed by atoms with Gasteiger partial charge in [0.25, 0.3) is 0 Å². The second kappa shape index (κ2) is 4.47. The van der Waals surface area contributed by atoms with Crippen molar-refractivity contribution < 1.29 is 0 Å². The molecule has 1 fully saturated rings. The van der Waals surface area contributed by atoms with Gasteiger partial charge in [-0.25, -0.2) is 9.67 Å². The van der Waals surface area contributed by atoms with E-state index in [9.17, 15) is 0 Å². The lowest BCUT2D eigenvalue weighted by Crippen LogP contribution is -2.17. The van der Waals surface area contributed by atoms with E-state index in [-0.39, 0.29) is 0 Å². The maximum atomic E-state index is 5.87. The molecule has 0 bridgehead atoms. The molecule has 17 heavy (non-hydrogen) atoms. The summed E-state index contributed by atoms with van der Waals surface area (Å²) in [5, 5.41) is 8.28. The summed E-state index contributed by atoms with van der Waals surface area (Å²) in [7, 11) is 0. The molecule has 1 aliphatic rings. The van der Waals surface area contributed by atoms with Crippen LogP contribution in [0.15, 0.2) is 30.7 Å². The van der Waals surface area contributed by atoms with Gasteiger partial charge < -0.3 is 5.32 Å². The molecule has 2 aromatic rings. The molecule has 3 rings (SSSR count). The SMILES string of the molecule is Clc1cnn(-c2ncccc2CNC2CC2)c1. The third-order valence-corrected chi connectivity index (χ3v) is 2.99. The quantitative estimate of drug-likeness (QED) is 0.902. The Morgan fingerprint density at radius 1 is 1.47 bits per heavy atom. The number of hydrogen-bond donors (Lipinski definition) is 1. The largest absolute Gasteiger partial charge is 0.310 e. The molecule has 0 unspecified atom stereocenters. The summed E-state index contributed by atoms with van der Waals surface area (Å²) in [5.41, 5.74) is 1.14. The third-order valence-electron chi connectivity index (χ3n) is 2.79. The summed E-state index contributed by atoms with van der Waals surface area (Å²) in [6, 6.07) is 4.69. The van der Waals surface area contributed by atoms with Gasteiger partial charge in [0.15, 0.2) is 5.82 Å². The Kier molecular flexibility index (Phi) is 2.82. The smallest absolute Gasteiger partial charge is 0.157 e. The fourth-order valence-electron chi connectivity index (χ4n) is 1.73. The van der Waals surface area contributed by atoms with E-state index in [0.29, 0.717) is 11.1 Å². The highest BCUT2D eigenvalue weighted by atomic mass is 35.5. The zero-order valence-corrected chi connectivity index (χ0v) is 10.1. The Bertz CT molecular complexity index is 519. The maximum absolute atomic E-state index is 5.87. The molecule has 1 N–H and O–H groups in total. The number of rotatable bonds is 4. The lowest BCUT2D eigenvalue weighted by molar-refractivity contribution is 0.676. The van der Waals surface area contributed by atoms with E-state index in [1.165, 1.54) is 12.8 Å². The van der Waals surface area contributed by atoms with E-state index >= 15 is 0 Å². The molecule has 0 amide bonds. The Balaban J connectivity index is 1.86. The van der Waals surface area contributed by atoms with Gasteiger partial charge >= 0.3 is 0 Å². The van der Waals surface area contributed by atoms with Crippen molar-refractivity contribution in [3.05, 3.63) is 41.3 Å². The van der Waals surface area contributed by atoms with Crippen LogP contribution in [0.25, 0.3) is 5.82 Å². The first-order chi connectivity index (χ1) is 8.33. The zero-order valence-electron chi connectivity index (χ0n) is 9.31. The predicted molar refractivity (Wildman–Crippen MR) is 66.2 cm³/mol. The van der Waals surface area contributed by atoms with E-state index < -0.39 is 0 Å². The molecule has 0 spiro atoms. The molecule has 0 aromatic carbocycles. The van der Waals surface area contributed by atoms with E-state index in [0.717, 1.165) is 17.9 Å². The van der Waals surface area contributed by atoms with Crippen LogP contribution in [0.3, 0.4) is 0 Å². The summed E-state index contributed by atoms with van der Waals surface area (Å²) in [5.74, 6) is 0.840. The fourth-order valence-corrected chi connectivity index (χ4v) is 1.87. The van der Waals surface area contributed by atoms with Crippen molar-refractivity contribution in [3.63, 3.8) is 0 Å². The number of pyridine rings is 1. The van der Waals surface area contributed by atoms with Crippen LogP contribution in [-0.4, -0.2) is 20.8 Å². The highest BCUT2D eigenvalue weighted by Crippen LogP contribution is 2.20. The Labute approximate surface area is 105 Å². The Hall–Kier alpha value is -1.39. The summed E-state index contributed by atoms with van der Waals surface area (Å²) in [6.07, 6.45) is 7.72. The molecule has 4 nitrogen and oxygen atoms in total. The van der Waals surface area contributed by atoms with Gasteiger partial charge in [-0.2, -0.15) is 5.10 Å². The first kappa shape index (κ1) is 10.7. The molecule has 0 atom stereocenters. The second-order valence-electron chi connectivity index (χ2n) is 4.24. The summed E-state index contributed by atoms with van der Waals surface area (Å²) >= 11 is 5.87. The number of halogens is 1. The van der Waals surface area contributed by atoms with Crippen LogP contribution in [0.5, 0.6) is 0 Å². The topological polar surface area (TPSA) is 42.7 Å². The molecule has 2 heterocycles. The van der Waals surface area contributed by atoms with Crippen LogP contribution in [-0.2, 0) is 6.54 Å². The van der Waals surface area contributed by atoms with Crippen LogP contribution >= 0.6 is 11.6 Å². The maximum Gasteiger partial charge on any atom is 0.157 e. The van der Waals surface area contributed by atoms with Crippen molar-refractivity contribution in [1.29, 1.82) is 0 Å². The Morgan fingerprint density at radius 3 is 3.06 bits per heavy atom. The summed E-state index contributed by atoms with van der Waals surface area (Å²) < 4.78 is 1.71. The zero-order chi connectivity index (χ0) is 11.7. The molecule has 1 saturated carbocycles. The minimum Gasteiger partial charge on any atom is -0.310 e. The number of aromatic nitrogens is 3. The second-order valence-corrected chi connectivity index (χ2v) is 4.68. The summed E-state index contributed by atoms with van der Waals surface area (Å²) in [6.45, 7) is 0.825. The van der Waals surface area contributed by atoms with E-state index in [1.807, 2.05) is 6.07 Å². The molecule has 0 radical (unpaired) electrons. The standard InChI is InChI=1S/C12H13ClN4/c13-10-7-16-17(8-10)12-9(2-1-5-14-12)6-15-11-3-4-11/h1-2,5,7-8,11,15H,3-4,6H2. The fraction of sp³-hybridized carbons (Fsp3) is 0.333. The minimum atomic E-state index is 0.622. The highest BCUT2D eigenvalue weighted by molar-refractivity contribution is 6.30. The van der Waals surface area contributed by atoms with Crippen LogP contribution in [0.2, 0.25) is 5.02 Å². The molecular formula is C12H13ClN4. The lowest BCUT2D eigenvalue weighted by Gasteiger charge is -2.08. The van der Waals surface area contributed by atoms with Gasteiger partial charge in [0, 0.05) is 24.3 Å². The van der Waals surface area contributed by atoms with Gasteiger partial charge in [0.2, 0.25) is 0 Å². The van der Waals surface area contributed by atoms with E-state index in [4.69, 9.17) is 11.6 Å². The lowest BCUT2D eigenvalue weighted by atomic mass is 10.2. The van der Waals surface area contributed by atoms with Crippen LogP contribution in [0.4, 0.5) is 0 Å². The van der Waals surface area contributed by atoms with Crippen molar-refractivity contribution >= 4 is 11.6 Å². The molecule has 0 aliphatic heterocycles. The number of nitrogens with one attached hydrogen (secondary N) is 1. The van der Waals surface area contributed by atoms with Gasteiger partial charge in [-0.3, -0.25) is 0 Å². The average molecular weight is 249 g/mol. The normalized spacial score (nSPS) is 15.1. The monoisotopic (exact) mass is 248 g/mol. The number of hydrogen-bond acceptors (Lipinski definition) is 3. The van der Waals surface area contributed by atoms with Crippen molar-refractivity contribution in [2.75, 3.05) is 0 Å². The Morgan fingerprint density at radius 2 is 2.35 bits per heavy atom. The number of nitrogens with zero attached hydrogens (tertiary/aromatic N) is 3. The molecule has 5 heteroatoms. The molecule has 1 aliphatic carbocycles. The van der Waals surface area contributed by atoms with Crippen molar-refractivity contribution in [3.8, 4) is 5.82 Å². The van der Waals surface area contributed by atoms with Gasteiger partial charge in [-0.15, -0.1) is 0 Å². The van der Waals surface area contributed by atoms with Crippen molar-refractivity contribution in [2.45, 2.75) is 25.4 Å². The molecular weight excluding hydrogens is 236 g/mol. The summed E-state index contributed by atoms with van der Waals surface area (Å²) in [4.78, 5) is 4.36. The van der Waals surface area contributed by atoms with Crippen molar-refractivity contribution in [1.82, 2.24) is 20.1 Å². The average Bonchev–Trinajstić information content (AvgIpc) is 3.08. The van der Waals surface area contributed by atoms with Gasteiger partial charge in [0.05, 0.1) is 17.4 Å². The van der Waals surface area contributed by atoms with E-state index in [1.54, 1.807) is 23.3 Å².